The van der Waals surface area contributed by atoms with E-state index in [-0.39, 0.29) is 12.5 Å². The zero-order valence-corrected chi connectivity index (χ0v) is 13.2. The molecule has 1 aliphatic heterocycles. The molecule has 0 saturated carbocycles. The number of carbonyl (C=O) groups excluding carboxylic acids is 2. The van der Waals surface area contributed by atoms with Gasteiger partial charge in [-0.05, 0) is 30.2 Å². The third-order valence-electron chi connectivity index (χ3n) is 2.78. The maximum atomic E-state index is 12.1. The van der Waals surface area contributed by atoms with E-state index >= 15 is 0 Å². The summed E-state index contributed by atoms with van der Waals surface area (Å²) in [5.41, 5.74) is 0.894. The second kappa shape index (κ2) is 7.38. The van der Waals surface area contributed by atoms with Gasteiger partial charge in [0, 0.05) is 0 Å². The lowest BCUT2D eigenvalue weighted by atomic mass is 10.2. The van der Waals surface area contributed by atoms with Crippen LogP contribution in [-0.2, 0) is 9.59 Å². The van der Waals surface area contributed by atoms with Gasteiger partial charge in [0.1, 0.15) is 16.4 Å². The van der Waals surface area contributed by atoms with Crippen molar-refractivity contribution in [1.29, 1.82) is 0 Å². The smallest absolute Gasteiger partial charge is 0.266 e. The molecule has 1 heterocycles. The molecule has 0 atom stereocenters. The zero-order chi connectivity index (χ0) is 15.2. The lowest BCUT2D eigenvalue weighted by molar-refractivity contribution is -0.124. The fourth-order valence-electron chi connectivity index (χ4n) is 1.76. The summed E-state index contributed by atoms with van der Waals surface area (Å²) < 4.78 is 5.92. The minimum atomic E-state index is -0.219. The van der Waals surface area contributed by atoms with Crippen LogP contribution in [0.25, 0.3) is 6.08 Å². The number of hydrogen-bond donors (Lipinski definition) is 0. The summed E-state index contributed by atoms with van der Waals surface area (Å²) in [5, 5.41) is 0. The molecule has 1 aromatic carbocycles. The number of thioether (sulfide) groups is 1. The highest BCUT2D eigenvalue weighted by atomic mass is 32.2. The highest BCUT2D eigenvalue weighted by Gasteiger charge is 2.31. The van der Waals surface area contributed by atoms with E-state index in [1.807, 2.05) is 24.3 Å². The van der Waals surface area contributed by atoms with E-state index in [2.05, 4.69) is 6.92 Å². The summed E-state index contributed by atoms with van der Waals surface area (Å²) in [4.78, 5) is 24.5. The summed E-state index contributed by atoms with van der Waals surface area (Å²) in [7, 11) is 0. The van der Waals surface area contributed by atoms with Gasteiger partial charge in [0.15, 0.2) is 0 Å². The number of aldehydes is 1. The number of ether oxygens (including phenoxy) is 1. The van der Waals surface area contributed by atoms with Crippen molar-refractivity contribution in [2.45, 2.75) is 13.3 Å². The number of nitrogens with zero attached hydrogens (tertiary/aromatic N) is 1. The Kier molecular flexibility index (Phi) is 5.52. The highest BCUT2D eigenvalue weighted by molar-refractivity contribution is 8.26. The molecule has 1 saturated heterocycles. The van der Waals surface area contributed by atoms with Crippen LogP contribution in [0.2, 0.25) is 0 Å². The second-order valence-corrected chi connectivity index (χ2v) is 6.05. The monoisotopic (exact) mass is 321 g/mol. The van der Waals surface area contributed by atoms with Crippen LogP contribution in [0.3, 0.4) is 0 Å². The number of hydrogen-bond acceptors (Lipinski definition) is 5. The van der Waals surface area contributed by atoms with Crippen molar-refractivity contribution in [3.63, 3.8) is 0 Å². The molecule has 1 aromatic rings. The fourth-order valence-corrected chi connectivity index (χ4v) is 3.04. The molecule has 4 nitrogen and oxygen atoms in total. The van der Waals surface area contributed by atoms with Crippen LogP contribution in [0, 0.1) is 0 Å². The molecule has 1 fully saturated rings. The maximum absolute atomic E-state index is 12.1. The van der Waals surface area contributed by atoms with E-state index in [4.69, 9.17) is 17.0 Å². The third kappa shape index (κ3) is 3.92. The van der Waals surface area contributed by atoms with Crippen LogP contribution in [-0.4, -0.2) is 34.6 Å². The Bertz CT molecular complexity index is 581. The molecular formula is C15H15NO3S2. The molecule has 0 aromatic heterocycles. The van der Waals surface area contributed by atoms with Gasteiger partial charge in [-0.2, -0.15) is 0 Å². The molecule has 21 heavy (non-hydrogen) atoms. The van der Waals surface area contributed by atoms with Gasteiger partial charge >= 0.3 is 0 Å². The predicted molar refractivity (Wildman–Crippen MR) is 88.2 cm³/mol. The summed E-state index contributed by atoms with van der Waals surface area (Å²) in [6.07, 6.45) is 3.40. The van der Waals surface area contributed by atoms with Crippen molar-refractivity contribution < 1.29 is 14.3 Å². The zero-order valence-electron chi connectivity index (χ0n) is 11.6. The van der Waals surface area contributed by atoms with Crippen molar-refractivity contribution in [3.05, 3.63) is 34.7 Å². The molecule has 0 N–H and O–H groups in total. The minimum absolute atomic E-state index is 0.00576. The largest absolute Gasteiger partial charge is 0.494 e. The Labute approximate surface area is 133 Å². The molecule has 0 unspecified atom stereocenters. The first-order valence-electron chi connectivity index (χ1n) is 6.57. The average Bonchev–Trinajstić information content (AvgIpc) is 2.75. The van der Waals surface area contributed by atoms with Gasteiger partial charge in [0.2, 0.25) is 0 Å². The van der Waals surface area contributed by atoms with Crippen LogP contribution in [0.1, 0.15) is 18.9 Å². The molecule has 0 bridgehead atoms. The van der Waals surface area contributed by atoms with Crippen molar-refractivity contribution in [2.24, 2.45) is 0 Å². The Morgan fingerprint density at radius 2 is 2.05 bits per heavy atom. The minimum Gasteiger partial charge on any atom is -0.494 e. The first-order valence-corrected chi connectivity index (χ1v) is 7.80. The topological polar surface area (TPSA) is 46.6 Å². The van der Waals surface area contributed by atoms with Crippen molar-refractivity contribution in [2.75, 3.05) is 13.2 Å². The van der Waals surface area contributed by atoms with E-state index in [0.29, 0.717) is 22.1 Å². The summed E-state index contributed by atoms with van der Waals surface area (Å²) in [6.45, 7) is 2.74. The number of carbonyl (C=O) groups is 2. The van der Waals surface area contributed by atoms with Gasteiger partial charge < -0.3 is 9.53 Å². The SMILES string of the molecule is CCCOc1ccc(/C=C2\SC(=S)N(CC=O)C2=O)cc1. The Morgan fingerprint density at radius 1 is 1.33 bits per heavy atom. The van der Waals surface area contributed by atoms with Gasteiger partial charge in [-0.1, -0.05) is 43.0 Å². The lowest BCUT2D eigenvalue weighted by Crippen LogP contribution is -2.29. The fraction of sp³-hybridized carbons (Fsp3) is 0.267. The summed E-state index contributed by atoms with van der Waals surface area (Å²) in [6, 6.07) is 7.51. The van der Waals surface area contributed by atoms with Crippen LogP contribution >= 0.6 is 24.0 Å². The first-order chi connectivity index (χ1) is 10.2. The molecule has 2 rings (SSSR count). The molecule has 0 spiro atoms. The molecule has 110 valence electrons. The first kappa shape index (κ1) is 15.7. The quantitative estimate of drug-likeness (QED) is 0.458. The van der Waals surface area contributed by atoms with Gasteiger partial charge in [-0.3, -0.25) is 9.69 Å². The van der Waals surface area contributed by atoms with Gasteiger partial charge in [0.05, 0.1) is 18.1 Å². The van der Waals surface area contributed by atoms with Crippen LogP contribution in [0.5, 0.6) is 5.75 Å². The number of amides is 1. The van der Waals surface area contributed by atoms with E-state index in [9.17, 15) is 9.59 Å². The molecule has 0 aliphatic carbocycles. The average molecular weight is 321 g/mol. The van der Waals surface area contributed by atoms with E-state index in [1.54, 1.807) is 6.08 Å². The molecule has 1 amide bonds. The van der Waals surface area contributed by atoms with E-state index in [0.717, 1.165) is 17.7 Å². The van der Waals surface area contributed by atoms with E-state index < -0.39 is 0 Å². The molecule has 0 radical (unpaired) electrons. The molecular weight excluding hydrogens is 306 g/mol. The standard InChI is InChI=1S/C15H15NO3S2/c1-2-9-19-12-5-3-11(4-6-12)10-13-14(18)16(7-8-17)15(20)21-13/h3-6,8,10H,2,7,9H2,1H3/b13-10-. The predicted octanol–water partition coefficient (Wildman–Crippen LogP) is 2.88. The van der Waals surface area contributed by atoms with Crippen LogP contribution in [0.4, 0.5) is 0 Å². The normalized spacial score (nSPS) is 16.6. The Balaban J connectivity index is 2.11. The third-order valence-corrected chi connectivity index (χ3v) is 4.16. The summed E-state index contributed by atoms with van der Waals surface area (Å²) in [5.74, 6) is 0.589. The van der Waals surface area contributed by atoms with Crippen molar-refractivity contribution in [1.82, 2.24) is 4.90 Å². The number of benzene rings is 1. The lowest BCUT2D eigenvalue weighted by Gasteiger charge is -2.08. The number of rotatable bonds is 6. The van der Waals surface area contributed by atoms with Crippen molar-refractivity contribution >= 4 is 46.6 Å². The van der Waals surface area contributed by atoms with Crippen LogP contribution < -0.4 is 4.74 Å². The van der Waals surface area contributed by atoms with Crippen molar-refractivity contribution in [3.8, 4) is 5.75 Å². The maximum Gasteiger partial charge on any atom is 0.266 e. The van der Waals surface area contributed by atoms with Gasteiger partial charge in [0.25, 0.3) is 5.91 Å². The van der Waals surface area contributed by atoms with Crippen LogP contribution in [0.15, 0.2) is 29.2 Å². The Morgan fingerprint density at radius 3 is 2.67 bits per heavy atom. The Hall–Kier alpha value is -1.66. The van der Waals surface area contributed by atoms with Gasteiger partial charge in [-0.15, -0.1) is 0 Å². The summed E-state index contributed by atoms with van der Waals surface area (Å²) >= 11 is 6.31. The highest BCUT2D eigenvalue weighted by Crippen LogP contribution is 2.32. The second-order valence-electron chi connectivity index (χ2n) is 4.38. The molecule has 1 aliphatic rings. The number of thiocarbonyl (C=S) groups is 1. The van der Waals surface area contributed by atoms with E-state index in [1.165, 1.54) is 16.7 Å². The van der Waals surface area contributed by atoms with Gasteiger partial charge in [-0.25, -0.2) is 0 Å². The molecule has 6 heteroatoms.